The summed E-state index contributed by atoms with van der Waals surface area (Å²) in [7, 11) is 0. The van der Waals surface area contributed by atoms with Crippen LogP contribution in [-0.2, 0) is 16.0 Å². The Balaban J connectivity index is 1.25. The Bertz CT molecular complexity index is 1270. The summed E-state index contributed by atoms with van der Waals surface area (Å²) >= 11 is 0. The second-order valence-electron chi connectivity index (χ2n) is 10.1. The standard InChI is InChI=1S/C31H34N2O4/c1-20-21(2)29(33-16-8-3-9-17-33)15-14-22(20)18-28(30(34)35)32-31(36)37-19-27-25-12-6-4-10-23(25)24-11-5-7-13-26(24)27/h4-7,10-15,27-28H,3,8-9,16-19H2,1-2H3,(H,32,36)(H,34,35). The Labute approximate surface area is 218 Å². The van der Waals surface area contributed by atoms with Crippen LogP contribution in [0.25, 0.3) is 11.1 Å². The monoisotopic (exact) mass is 498 g/mol. The van der Waals surface area contributed by atoms with Crippen molar-refractivity contribution in [3.05, 3.63) is 88.5 Å². The Morgan fingerprint density at radius 2 is 1.54 bits per heavy atom. The molecule has 37 heavy (non-hydrogen) atoms. The van der Waals surface area contributed by atoms with Gasteiger partial charge in [-0.05, 0) is 78.1 Å². The van der Waals surface area contributed by atoms with E-state index in [0.29, 0.717) is 0 Å². The maximum Gasteiger partial charge on any atom is 0.407 e. The lowest BCUT2D eigenvalue weighted by molar-refractivity contribution is -0.139. The highest BCUT2D eigenvalue weighted by molar-refractivity contribution is 5.81. The average molecular weight is 499 g/mol. The minimum Gasteiger partial charge on any atom is -0.480 e. The zero-order valence-electron chi connectivity index (χ0n) is 21.5. The maximum absolute atomic E-state index is 12.7. The third-order valence-corrected chi connectivity index (χ3v) is 7.93. The van der Waals surface area contributed by atoms with E-state index in [-0.39, 0.29) is 18.9 Å². The fourth-order valence-corrected chi connectivity index (χ4v) is 5.76. The van der Waals surface area contributed by atoms with Crippen LogP contribution in [0, 0.1) is 13.8 Å². The van der Waals surface area contributed by atoms with Crippen LogP contribution in [0.5, 0.6) is 0 Å². The molecule has 1 amide bonds. The van der Waals surface area contributed by atoms with Crippen molar-refractivity contribution < 1.29 is 19.4 Å². The summed E-state index contributed by atoms with van der Waals surface area (Å²) in [6.45, 7) is 6.39. The number of carbonyl (C=O) groups excluding carboxylic acids is 1. The van der Waals surface area contributed by atoms with Crippen LogP contribution in [0.2, 0.25) is 0 Å². The summed E-state index contributed by atoms with van der Waals surface area (Å²) in [6, 6.07) is 19.3. The van der Waals surface area contributed by atoms with E-state index in [9.17, 15) is 14.7 Å². The molecule has 0 radical (unpaired) electrons. The van der Waals surface area contributed by atoms with Gasteiger partial charge in [-0.15, -0.1) is 0 Å². The number of anilines is 1. The summed E-state index contributed by atoms with van der Waals surface area (Å²) in [5, 5.41) is 12.5. The summed E-state index contributed by atoms with van der Waals surface area (Å²) in [5.41, 5.74) is 8.91. The molecule has 2 N–H and O–H groups in total. The molecule has 1 aliphatic carbocycles. The maximum atomic E-state index is 12.7. The van der Waals surface area contributed by atoms with E-state index in [2.05, 4.69) is 47.5 Å². The van der Waals surface area contributed by atoms with Crippen molar-refractivity contribution in [1.82, 2.24) is 5.32 Å². The van der Waals surface area contributed by atoms with Crippen molar-refractivity contribution in [2.45, 2.75) is 51.5 Å². The highest BCUT2D eigenvalue weighted by Crippen LogP contribution is 2.44. The molecular weight excluding hydrogens is 464 g/mol. The van der Waals surface area contributed by atoms with Crippen molar-refractivity contribution in [3.8, 4) is 11.1 Å². The first-order valence-corrected chi connectivity index (χ1v) is 13.1. The molecule has 0 bridgehead atoms. The molecule has 0 saturated carbocycles. The molecule has 0 spiro atoms. The highest BCUT2D eigenvalue weighted by Gasteiger charge is 2.30. The number of carboxylic acid groups (broad SMARTS) is 1. The number of carboxylic acids is 1. The van der Waals surface area contributed by atoms with Gasteiger partial charge in [0.05, 0.1) is 0 Å². The van der Waals surface area contributed by atoms with Crippen molar-refractivity contribution in [1.29, 1.82) is 0 Å². The quantitative estimate of drug-likeness (QED) is 0.429. The number of rotatable bonds is 7. The Kier molecular flexibility index (Phi) is 7.17. The van der Waals surface area contributed by atoms with Gasteiger partial charge in [0.2, 0.25) is 0 Å². The van der Waals surface area contributed by atoms with E-state index in [1.54, 1.807) is 0 Å². The second-order valence-corrected chi connectivity index (χ2v) is 10.1. The minimum atomic E-state index is -1.08. The van der Waals surface area contributed by atoms with Gasteiger partial charge in [-0.25, -0.2) is 9.59 Å². The van der Waals surface area contributed by atoms with Gasteiger partial charge in [0.15, 0.2) is 0 Å². The number of carbonyl (C=O) groups is 2. The lowest BCUT2D eigenvalue weighted by atomic mass is 9.95. The summed E-state index contributed by atoms with van der Waals surface area (Å²) in [6.07, 6.45) is 3.16. The number of amides is 1. The molecule has 3 aromatic carbocycles. The Morgan fingerprint density at radius 1 is 0.919 bits per heavy atom. The number of piperidine rings is 1. The van der Waals surface area contributed by atoms with Gasteiger partial charge >= 0.3 is 12.1 Å². The normalized spacial score (nSPS) is 15.6. The molecule has 0 aromatic heterocycles. The number of fused-ring (bicyclic) bond motifs is 3. The number of nitrogens with one attached hydrogen (secondary N) is 1. The molecule has 2 aliphatic rings. The average Bonchev–Trinajstić information content (AvgIpc) is 3.24. The summed E-state index contributed by atoms with van der Waals surface area (Å²) in [4.78, 5) is 27.2. The Hall–Kier alpha value is -3.80. The number of hydrogen-bond donors (Lipinski definition) is 2. The third-order valence-electron chi connectivity index (χ3n) is 7.93. The predicted octanol–water partition coefficient (Wildman–Crippen LogP) is 5.83. The van der Waals surface area contributed by atoms with Gasteiger partial charge in [0.25, 0.3) is 0 Å². The molecule has 3 aromatic rings. The number of benzene rings is 3. The van der Waals surface area contributed by atoms with Gasteiger partial charge in [0.1, 0.15) is 12.6 Å². The van der Waals surface area contributed by atoms with Crippen LogP contribution >= 0.6 is 0 Å². The van der Waals surface area contributed by atoms with Gasteiger partial charge in [-0.3, -0.25) is 0 Å². The molecule has 6 heteroatoms. The molecule has 1 fully saturated rings. The number of aliphatic carboxylic acids is 1. The smallest absolute Gasteiger partial charge is 0.407 e. The third kappa shape index (κ3) is 5.06. The van der Waals surface area contributed by atoms with Crippen LogP contribution in [0.15, 0.2) is 60.7 Å². The summed E-state index contributed by atoms with van der Waals surface area (Å²) < 4.78 is 5.59. The van der Waals surface area contributed by atoms with Gasteiger partial charge in [0, 0.05) is 31.1 Å². The van der Waals surface area contributed by atoms with Crippen LogP contribution in [0.1, 0.15) is 53.0 Å². The first kappa shape index (κ1) is 24.9. The largest absolute Gasteiger partial charge is 0.480 e. The first-order valence-electron chi connectivity index (χ1n) is 13.1. The fourth-order valence-electron chi connectivity index (χ4n) is 5.76. The molecule has 1 heterocycles. The molecule has 1 saturated heterocycles. The molecule has 1 atom stereocenters. The molecule has 6 nitrogen and oxygen atoms in total. The van der Waals surface area contributed by atoms with Crippen molar-refractivity contribution in [2.24, 2.45) is 0 Å². The van der Waals surface area contributed by atoms with Crippen molar-refractivity contribution >= 4 is 17.7 Å². The lowest BCUT2D eigenvalue weighted by Gasteiger charge is -2.31. The van der Waals surface area contributed by atoms with Crippen LogP contribution in [0.4, 0.5) is 10.5 Å². The van der Waals surface area contributed by atoms with Gasteiger partial charge < -0.3 is 20.1 Å². The number of ether oxygens (including phenoxy) is 1. The van der Waals surface area contributed by atoms with E-state index in [0.717, 1.165) is 46.5 Å². The molecule has 5 rings (SSSR count). The number of alkyl carbamates (subject to hydrolysis) is 1. The van der Waals surface area contributed by atoms with Gasteiger partial charge in [-0.2, -0.15) is 0 Å². The number of hydrogen-bond acceptors (Lipinski definition) is 4. The molecule has 1 unspecified atom stereocenters. The fraction of sp³-hybridized carbons (Fsp3) is 0.355. The van der Waals surface area contributed by atoms with Crippen molar-refractivity contribution in [3.63, 3.8) is 0 Å². The van der Waals surface area contributed by atoms with E-state index in [1.807, 2.05) is 37.3 Å². The zero-order chi connectivity index (χ0) is 25.9. The molecular formula is C31H34N2O4. The van der Waals surface area contributed by atoms with Gasteiger partial charge in [-0.1, -0.05) is 54.6 Å². The zero-order valence-corrected chi connectivity index (χ0v) is 21.5. The van der Waals surface area contributed by atoms with E-state index in [4.69, 9.17) is 4.74 Å². The van der Waals surface area contributed by atoms with Crippen LogP contribution in [0.3, 0.4) is 0 Å². The topological polar surface area (TPSA) is 78.9 Å². The van der Waals surface area contributed by atoms with E-state index < -0.39 is 18.1 Å². The van der Waals surface area contributed by atoms with E-state index >= 15 is 0 Å². The van der Waals surface area contributed by atoms with E-state index in [1.165, 1.54) is 30.5 Å². The summed E-state index contributed by atoms with van der Waals surface area (Å²) in [5.74, 6) is -1.15. The van der Waals surface area contributed by atoms with Crippen LogP contribution < -0.4 is 10.2 Å². The second kappa shape index (κ2) is 10.7. The Morgan fingerprint density at radius 3 is 2.16 bits per heavy atom. The SMILES string of the molecule is Cc1c(CC(NC(=O)OCC2c3ccccc3-c3ccccc32)C(=O)O)ccc(N2CCCCC2)c1C. The number of nitrogens with zero attached hydrogens (tertiary/aromatic N) is 1. The van der Waals surface area contributed by atoms with Crippen molar-refractivity contribution in [2.75, 3.05) is 24.6 Å². The first-order chi connectivity index (χ1) is 17.9. The highest BCUT2D eigenvalue weighted by atomic mass is 16.5. The molecule has 1 aliphatic heterocycles. The van der Waals surface area contributed by atoms with Crippen LogP contribution in [-0.4, -0.2) is 42.9 Å². The predicted molar refractivity (Wildman–Crippen MR) is 145 cm³/mol. The lowest BCUT2D eigenvalue weighted by Crippen LogP contribution is -2.43. The molecule has 192 valence electrons. The minimum absolute atomic E-state index is 0.0753.